The fourth-order valence-corrected chi connectivity index (χ4v) is 0.652. The highest BCUT2D eigenvalue weighted by Crippen LogP contribution is 1.98. The van der Waals surface area contributed by atoms with E-state index < -0.39 is 5.97 Å². The van der Waals surface area contributed by atoms with Gasteiger partial charge < -0.3 is 10.5 Å². The molecule has 0 saturated carbocycles. The van der Waals surface area contributed by atoms with Gasteiger partial charge in [0.1, 0.15) is 0 Å². The van der Waals surface area contributed by atoms with E-state index in [-0.39, 0.29) is 12.1 Å². The first-order chi connectivity index (χ1) is 5.16. The van der Waals surface area contributed by atoms with Crippen molar-refractivity contribution < 1.29 is 9.90 Å². The number of carboxylic acids is 1. The molecular weight excluding hydrogens is 144 g/mol. The van der Waals surface area contributed by atoms with E-state index in [1.54, 1.807) is 0 Å². The summed E-state index contributed by atoms with van der Waals surface area (Å²) in [6, 6.07) is 1.93. The molecule has 4 heteroatoms. The second-order valence-electron chi connectivity index (χ2n) is 2.19. The summed E-state index contributed by atoms with van der Waals surface area (Å²) in [6.45, 7) is 0. The molecule has 0 aliphatic carbocycles. The van der Waals surface area contributed by atoms with Gasteiger partial charge in [0.2, 0.25) is 0 Å². The van der Waals surface area contributed by atoms with Crippen LogP contribution in [-0.2, 0) is 4.79 Å². The van der Waals surface area contributed by atoms with Crippen LogP contribution in [0.1, 0.15) is 25.7 Å². The van der Waals surface area contributed by atoms with E-state index in [1.165, 1.54) is 0 Å². The van der Waals surface area contributed by atoms with Gasteiger partial charge in [-0.3, -0.25) is 4.79 Å². The molecule has 0 aliphatic heterocycles. The highest BCUT2D eigenvalue weighted by molar-refractivity contribution is 5.96. The molecule has 0 unspecified atom stereocenters. The van der Waals surface area contributed by atoms with Gasteiger partial charge in [-0.25, -0.2) is 0 Å². The Morgan fingerprint density at radius 3 is 2.73 bits per heavy atom. The molecule has 0 aromatic rings. The Bertz CT molecular complexity index is 193. The summed E-state index contributed by atoms with van der Waals surface area (Å²) in [5, 5.41) is 23.5. The van der Waals surface area contributed by atoms with Crippen LogP contribution in [0.15, 0.2) is 0 Å². The zero-order valence-electron chi connectivity index (χ0n) is 6.13. The molecule has 0 aromatic carbocycles. The molecule has 0 bridgehead atoms. The summed E-state index contributed by atoms with van der Waals surface area (Å²) in [6.07, 6.45) is 1.19. The van der Waals surface area contributed by atoms with E-state index in [1.807, 2.05) is 6.07 Å². The third kappa shape index (κ3) is 6.52. The molecule has 0 radical (unpaired) electrons. The summed E-state index contributed by atoms with van der Waals surface area (Å²) in [7, 11) is 0. The van der Waals surface area contributed by atoms with Gasteiger partial charge in [0.05, 0.1) is 12.5 Å². The normalized spacial score (nSPS) is 8.64. The molecule has 0 aromatic heterocycles. The van der Waals surface area contributed by atoms with Gasteiger partial charge in [0, 0.05) is 12.1 Å². The van der Waals surface area contributed by atoms with Gasteiger partial charge in [0.25, 0.3) is 0 Å². The van der Waals surface area contributed by atoms with Crippen molar-refractivity contribution in [2.45, 2.75) is 25.7 Å². The predicted molar refractivity (Wildman–Crippen MR) is 39.4 cm³/mol. The molecule has 0 atom stereocenters. The van der Waals surface area contributed by atoms with E-state index >= 15 is 0 Å². The number of carbonyl (C=O) groups is 1. The number of nitrogens with one attached hydrogen (secondary N) is 1. The summed E-state index contributed by atoms with van der Waals surface area (Å²) in [5.74, 6) is -0.980. The lowest BCUT2D eigenvalue weighted by Crippen LogP contribution is -2.05. The van der Waals surface area contributed by atoms with Crippen molar-refractivity contribution >= 4 is 11.7 Å². The van der Waals surface area contributed by atoms with Crippen molar-refractivity contribution in [3.05, 3.63) is 0 Å². The Kier molecular flexibility index (Phi) is 4.74. The summed E-state index contributed by atoms with van der Waals surface area (Å²) < 4.78 is 0. The molecule has 0 heterocycles. The minimum absolute atomic E-state index is 0.188. The van der Waals surface area contributed by atoms with E-state index in [0.717, 1.165) is 0 Å². The fraction of sp³-hybridized carbons (Fsp3) is 0.571. The maximum Gasteiger partial charge on any atom is 0.309 e. The number of carboxylic acid groups (broad SMARTS) is 1. The third-order valence-electron chi connectivity index (χ3n) is 1.13. The van der Waals surface area contributed by atoms with Crippen LogP contribution in [0.5, 0.6) is 0 Å². The van der Waals surface area contributed by atoms with Crippen LogP contribution in [0.4, 0.5) is 0 Å². The Morgan fingerprint density at radius 1 is 1.64 bits per heavy atom. The molecule has 2 N–H and O–H groups in total. The lowest BCUT2D eigenvalue weighted by Gasteiger charge is -1.96. The van der Waals surface area contributed by atoms with Crippen LogP contribution < -0.4 is 0 Å². The van der Waals surface area contributed by atoms with Crippen LogP contribution in [0.2, 0.25) is 0 Å². The van der Waals surface area contributed by atoms with Crippen molar-refractivity contribution in [2.24, 2.45) is 0 Å². The van der Waals surface area contributed by atoms with Gasteiger partial charge in [-0.15, -0.1) is 0 Å². The standard InChI is InChI=1S/C7H10N2O2/c8-4-2-1-3-6(9)5-7(10)11/h9H,1-3,5H2,(H,10,11). The maximum atomic E-state index is 10.0. The number of hydrogen-bond donors (Lipinski definition) is 2. The molecule has 11 heavy (non-hydrogen) atoms. The molecule has 0 saturated heterocycles. The number of nitrogens with zero attached hydrogens (tertiary/aromatic N) is 1. The van der Waals surface area contributed by atoms with Gasteiger partial charge in [-0.2, -0.15) is 5.26 Å². The summed E-state index contributed by atoms with van der Waals surface area (Å²) in [5.41, 5.74) is 0.188. The Labute approximate surface area is 65.0 Å². The second kappa shape index (κ2) is 5.42. The first-order valence-corrected chi connectivity index (χ1v) is 3.32. The summed E-state index contributed by atoms with van der Waals surface area (Å²) in [4.78, 5) is 10.0. The average Bonchev–Trinajstić information content (AvgIpc) is 1.86. The largest absolute Gasteiger partial charge is 0.481 e. The third-order valence-corrected chi connectivity index (χ3v) is 1.13. The first-order valence-electron chi connectivity index (χ1n) is 3.32. The van der Waals surface area contributed by atoms with E-state index in [2.05, 4.69) is 0 Å². The SMILES string of the molecule is N#CCCCC(=N)CC(=O)O. The highest BCUT2D eigenvalue weighted by Gasteiger charge is 2.02. The monoisotopic (exact) mass is 154 g/mol. The van der Waals surface area contributed by atoms with Crippen LogP contribution in [0.3, 0.4) is 0 Å². The smallest absolute Gasteiger partial charge is 0.309 e. The minimum Gasteiger partial charge on any atom is -0.481 e. The fourth-order valence-electron chi connectivity index (χ4n) is 0.652. The minimum atomic E-state index is -0.980. The lowest BCUT2D eigenvalue weighted by atomic mass is 10.1. The van der Waals surface area contributed by atoms with Crippen LogP contribution in [0.25, 0.3) is 0 Å². The molecule has 60 valence electrons. The predicted octanol–water partition coefficient (Wildman–Crippen LogP) is 1.17. The van der Waals surface area contributed by atoms with Crippen molar-refractivity contribution in [3.63, 3.8) is 0 Å². The average molecular weight is 154 g/mol. The van der Waals surface area contributed by atoms with Crippen LogP contribution in [0, 0.1) is 16.7 Å². The van der Waals surface area contributed by atoms with Crippen molar-refractivity contribution in [2.75, 3.05) is 0 Å². The zero-order chi connectivity index (χ0) is 8.69. The lowest BCUT2D eigenvalue weighted by molar-refractivity contribution is -0.135. The Balaban J connectivity index is 3.39. The first kappa shape index (κ1) is 9.63. The Morgan fingerprint density at radius 2 is 2.27 bits per heavy atom. The Hall–Kier alpha value is -1.37. The van der Waals surface area contributed by atoms with Crippen LogP contribution in [-0.4, -0.2) is 16.8 Å². The summed E-state index contributed by atoms with van der Waals surface area (Å²) >= 11 is 0. The van der Waals surface area contributed by atoms with Gasteiger partial charge >= 0.3 is 5.97 Å². The quantitative estimate of drug-likeness (QED) is 0.460. The van der Waals surface area contributed by atoms with Crippen LogP contribution >= 0.6 is 0 Å². The molecule has 0 spiro atoms. The zero-order valence-corrected chi connectivity index (χ0v) is 6.13. The number of unbranched alkanes of at least 4 members (excludes halogenated alkanes) is 1. The van der Waals surface area contributed by atoms with Gasteiger partial charge in [0.15, 0.2) is 0 Å². The van der Waals surface area contributed by atoms with Crippen molar-refractivity contribution in [1.82, 2.24) is 0 Å². The van der Waals surface area contributed by atoms with Gasteiger partial charge in [-0.1, -0.05) is 0 Å². The number of rotatable bonds is 5. The van der Waals surface area contributed by atoms with Gasteiger partial charge in [-0.05, 0) is 12.8 Å². The number of hydrogen-bond acceptors (Lipinski definition) is 3. The molecule has 4 nitrogen and oxygen atoms in total. The number of aliphatic carboxylic acids is 1. The number of nitriles is 1. The molecular formula is C7H10N2O2. The maximum absolute atomic E-state index is 10.0. The molecule has 0 aliphatic rings. The van der Waals surface area contributed by atoms with Crippen molar-refractivity contribution in [1.29, 1.82) is 10.7 Å². The topological polar surface area (TPSA) is 84.9 Å². The van der Waals surface area contributed by atoms with Crippen molar-refractivity contribution in [3.8, 4) is 6.07 Å². The van der Waals surface area contributed by atoms with E-state index in [0.29, 0.717) is 19.3 Å². The molecule has 0 fully saturated rings. The highest BCUT2D eigenvalue weighted by atomic mass is 16.4. The molecule has 0 amide bonds. The second-order valence-corrected chi connectivity index (χ2v) is 2.19. The molecule has 0 rings (SSSR count). The van der Waals surface area contributed by atoms with E-state index in [4.69, 9.17) is 15.8 Å². The van der Waals surface area contributed by atoms with E-state index in [9.17, 15) is 4.79 Å².